The zero-order valence-electron chi connectivity index (χ0n) is 14.1. The first kappa shape index (κ1) is 19.0. The molecule has 0 bridgehead atoms. The Morgan fingerprint density at radius 3 is 2.22 bits per heavy atom. The minimum Gasteiger partial charge on any atom is -0.508 e. The molecule has 0 amide bonds. The lowest BCUT2D eigenvalue weighted by Gasteiger charge is -2.35. The molecular formula is C19H20O8. The molecule has 0 radical (unpaired) electrons. The first-order valence-corrected chi connectivity index (χ1v) is 8.20. The van der Waals surface area contributed by atoms with E-state index in [9.17, 15) is 30.6 Å². The van der Waals surface area contributed by atoms with Crippen molar-refractivity contribution in [2.45, 2.75) is 24.6 Å². The zero-order valence-corrected chi connectivity index (χ0v) is 14.1. The van der Waals surface area contributed by atoms with Gasteiger partial charge in [-0.1, -0.05) is 18.2 Å². The van der Waals surface area contributed by atoms with Crippen molar-refractivity contribution >= 4 is 12.2 Å². The predicted molar refractivity (Wildman–Crippen MR) is 95.2 cm³/mol. The van der Waals surface area contributed by atoms with Crippen molar-refractivity contribution in [1.82, 2.24) is 0 Å². The number of hydrogen-bond acceptors (Lipinski definition) is 8. The minimum absolute atomic E-state index is 0.0172. The number of aliphatic hydroxyl groups excluding tert-OH is 3. The first-order chi connectivity index (χ1) is 12.8. The second kappa shape index (κ2) is 7.85. The summed E-state index contributed by atoms with van der Waals surface area (Å²) >= 11 is 0. The minimum atomic E-state index is -1.48. The van der Waals surface area contributed by atoms with Gasteiger partial charge in [0, 0.05) is 6.07 Å². The van der Waals surface area contributed by atoms with Crippen LogP contribution in [0.25, 0.3) is 12.2 Å². The van der Waals surface area contributed by atoms with Gasteiger partial charge in [0.15, 0.2) is 11.5 Å². The highest BCUT2D eigenvalue weighted by Gasteiger charge is 2.39. The van der Waals surface area contributed by atoms with Gasteiger partial charge < -0.3 is 40.1 Å². The molecule has 1 heterocycles. The second-order valence-corrected chi connectivity index (χ2v) is 6.21. The molecule has 0 aromatic heterocycles. The average Bonchev–Trinajstić information content (AvgIpc) is 2.62. The molecule has 8 nitrogen and oxygen atoms in total. The zero-order chi connectivity index (χ0) is 19.6. The lowest BCUT2D eigenvalue weighted by Crippen LogP contribution is -2.54. The molecule has 0 aliphatic carbocycles. The molecular weight excluding hydrogens is 356 g/mol. The van der Waals surface area contributed by atoms with E-state index in [2.05, 4.69) is 0 Å². The summed E-state index contributed by atoms with van der Waals surface area (Å²) in [7, 11) is 0. The molecule has 4 atom stereocenters. The fraction of sp³-hybridized carbons (Fsp3) is 0.263. The number of hydrogen-bond donors (Lipinski definition) is 6. The van der Waals surface area contributed by atoms with Crippen LogP contribution in [0.1, 0.15) is 11.1 Å². The van der Waals surface area contributed by atoms with Gasteiger partial charge in [-0.3, -0.25) is 0 Å². The SMILES string of the molecule is Oc1cc(O)cc(C=Cc2ccc(O)c(OC3OCC(O)C(O)C3O)c2)c1. The van der Waals surface area contributed by atoms with E-state index < -0.39 is 24.6 Å². The molecule has 1 saturated heterocycles. The third-order valence-corrected chi connectivity index (χ3v) is 4.07. The smallest absolute Gasteiger partial charge is 0.229 e. The van der Waals surface area contributed by atoms with E-state index in [-0.39, 0.29) is 29.6 Å². The van der Waals surface area contributed by atoms with Crippen LogP contribution in [0, 0.1) is 0 Å². The van der Waals surface area contributed by atoms with Crippen molar-refractivity contribution in [2.75, 3.05) is 6.61 Å². The normalized spacial score (nSPS) is 25.6. The van der Waals surface area contributed by atoms with Crippen LogP contribution < -0.4 is 4.74 Å². The van der Waals surface area contributed by atoms with Gasteiger partial charge >= 0.3 is 0 Å². The summed E-state index contributed by atoms with van der Waals surface area (Å²) in [5.74, 6) is -0.329. The molecule has 1 aliphatic rings. The molecule has 6 N–H and O–H groups in total. The fourth-order valence-corrected chi connectivity index (χ4v) is 2.64. The van der Waals surface area contributed by atoms with Crippen LogP contribution in [0.15, 0.2) is 36.4 Å². The Morgan fingerprint density at radius 1 is 0.852 bits per heavy atom. The maximum absolute atomic E-state index is 9.96. The number of ether oxygens (including phenoxy) is 2. The van der Waals surface area contributed by atoms with Gasteiger partial charge in [0.05, 0.1) is 6.61 Å². The van der Waals surface area contributed by atoms with Gasteiger partial charge in [0.2, 0.25) is 6.29 Å². The summed E-state index contributed by atoms with van der Waals surface area (Å²) in [4.78, 5) is 0. The number of phenolic OH excluding ortho intramolecular Hbond substituents is 3. The van der Waals surface area contributed by atoms with E-state index >= 15 is 0 Å². The molecule has 1 fully saturated rings. The van der Waals surface area contributed by atoms with Crippen molar-refractivity contribution in [3.63, 3.8) is 0 Å². The molecule has 2 aromatic rings. The highest BCUT2D eigenvalue weighted by molar-refractivity contribution is 5.72. The van der Waals surface area contributed by atoms with Gasteiger partial charge in [0.1, 0.15) is 29.8 Å². The van der Waals surface area contributed by atoms with E-state index in [1.807, 2.05) is 0 Å². The van der Waals surface area contributed by atoms with Crippen molar-refractivity contribution < 1.29 is 40.1 Å². The largest absolute Gasteiger partial charge is 0.508 e. The lowest BCUT2D eigenvalue weighted by atomic mass is 10.1. The number of aromatic hydroxyl groups is 3. The van der Waals surface area contributed by atoms with Crippen LogP contribution in [0.4, 0.5) is 0 Å². The summed E-state index contributed by atoms with van der Waals surface area (Å²) < 4.78 is 10.6. The van der Waals surface area contributed by atoms with E-state index in [4.69, 9.17) is 9.47 Å². The van der Waals surface area contributed by atoms with E-state index in [1.165, 1.54) is 30.3 Å². The van der Waals surface area contributed by atoms with Crippen LogP contribution in [0.2, 0.25) is 0 Å². The molecule has 0 spiro atoms. The standard InChI is InChI=1S/C19H20O8/c20-12-5-11(6-13(21)8-12)2-1-10-3-4-14(22)16(7-10)27-19-18(25)17(24)15(23)9-26-19/h1-8,15,17-25H,9H2. The Balaban J connectivity index is 1.77. The second-order valence-electron chi connectivity index (χ2n) is 6.21. The first-order valence-electron chi connectivity index (χ1n) is 8.20. The topological polar surface area (TPSA) is 140 Å². The summed E-state index contributed by atoms with van der Waals surface area (Å²) in [6.45, 7) is -0.218. The number of aliphatic hydroxyl groups is 3. The molecule has 8 heteroatoms. The average molecular weight is 376 g/mol. The molecule has 4 unspecified atom stereocenters. The Morgan fingerprint density at radius 2 is 1.52 bits per heavy atom. The molecule has 144 valence electrons. The molecule has 2 aromatic carbocycles. The van der Waals surface area contributed by atoms with Gasteiger partial charge in [-0.15, -0.1) is 0 Å². The summed E-state index contributed by atoms with van der Waals surface area (Å²) in [6.07, 6.45) is -2.08. The van der Waals surface area contributed by atoms with Crippen molar-refractivity contribution in [3.05, 3.63) is 47.5 Å². The Labute approximate surface area is 154 Å². The fourth-order valence-electron chi connectivity index (χ4n) is 2.64. The summed E-state index contributed by atoms with van der Waals surface area (Å²) in [6, 6.07) is 8.63. The van der Waals surface area contributed by atoms with Gasteiger partial charge in [-0.05, 0) is 35.4 Å². The van der Waals surface area contributed by atoms with Crippen LogP contribution >= 0.6 is 0 Å². The Kier molecular flexibility index (Phi) is 5.52. The quantitative estimate of drug-likeness (QED) is 0.431. The van der Waals surface area contributed by atoms with Gasteiger partial charge in [-0.25, -0.2) is 0 Å². The molecule has 0 saturated carbocycles. The molecule has 3 rings (SSSR count). The highest BCUT2D eigenvalue weighted by atomic mass is 16.7. The lowest BCUT2D eigenvalue weighted by molar-refractivity contribution is -0.242. The summed E-state index contributed by atoms with van der Waals surface area (Å²) in [5.41, 5.74) is 1.18. The Bertz CT molecular complexity index is 814. The van der Waals surface area contributed by atoms with E-state index in [0.29, 0.717) is 11.1 Å². The van der Waals surface area contributed by atoms with Crippen LogP contribution in [-0.2, 0) is 4.74 Å². The summed E-state index contributed by atoms with van der Waals surface area (Å²) in [5, 5.41) is 58.0. The predicted octanol–water partition coefficient (Wildman–Crippen LogP) is 0.792. The molecule has 1 aliphatic heterocycles. The third kappa shape index (κ3) is 4.50. The van der Waals surface area contributed by atoms with Crippen molar-refractivity contribution in [3.8, 4) is 23.0 Å². The van der Waals surface area contributed by atoms with Gasteiger partial charge in [-0.2, -0.15) is 0 Å². The number of phenols is 3. The van der Waals surface area contributed by atoms with E-state index in [1.54, 1.807) is 18.2 Å². The highest BCUT2D eigenvalue weighted by Crippen LogP contribution is 2.31. The van der Waals surface area contributed by atoms with Gasteiger partial charge in [0.25, 0.3) is 0 Å². The maximum atomic E-state index is 9.96. The van der Waals surface area contributed by atoms with E-state index in [0.717, 1.165) is 0 Å². The molecule has 27 heavy (non-hydrogen) atoms. The number of benzene rings is 2. The van der Waals surface area contributed by atoms with Crippen LogP contribution in [0.3, 0.4) is 0 Å². The van der Waals surface area contributed by atoms with Crippen molar-refractivity contribution in [1.29, 1.82) is 0 Å². The van der Waals surface area contributed by atoms with Crippen LogP contribution in [0.5, 0.6) is 23.0 Å². The monoisotopic (exact) mass is 376 g/mol. The third-order valence-electron chi connectivity index (χ3n) is 4.07. The number of rotatable bonds is 4. The van der Waals surface area contributed by atoms with Crippen molar-refractivity contribution in [2.24, 2.45) is 0 Å². The maximum Gasteiger partial charge on any atom is 0.229 e. The Hall–Kier alpha value is -2.78. The van der Waals surface area contributed by atoms with Crippen LogP contribution in [-0.4, -0.2) is 61.8 Å².